The van der Waals surface area contributed by atoms with E-state index in [1.54, 1.807) is 18.2 Å². The Hall–Kier alpha value is -3.81. The predicted molar refractivity (Wildman–Crippen MR) is 129 cm³/mol. The quantitative estimate of drug-likeness (QED) is 0.446. The number of hydrogen-bond acceptors (Lipinski definition) is 6. The van der Waals surface area contributed by atoms with Crippen molar-refractivity contribution in [3.05, 3.63) is 70.6 Å². The third-order valence-electron chi connectivity index (χ3n) is 5.24. The molecule has 34 heavy (non-hydrogen) atoms. The topological polar surface area (TPSA) is 103 Å². The van der Waals surface area contributed by atoms with Crippen molar-refractivity contribution in [1.29, 1.82) is 0 Å². The Morgan fingerprint density at radius 3 is 2.56 bits per heavy atom. The monoisotopic (exact) mass is 465 g/mol. The van der Waals surface area contributed by atoms with Gasteiger partial charge in [0.2, 0.25) is 5.91 Å². The van der Waals surface area contributed by atoms with Crippen molar-refractivity contribution >= 4 is 17.5 Å². The molecule has 1 aromatic heterocycles. The van der Waals surface area contributed by atoms with Crippen LogP contribution in [-0.4, -0.2) is 24.1 Å². The van der Waals surface area contributed by atoms with Gasteiger partial charge in [-0.15, -0.1) is 0 Å². The third-order valence-corrected chi connectivity index (χ3v) is 5.24. The summed E-state index contributed by atoms with van der Waals surface area (Å²) in [6, 6.07) is 12.5. The predicted octanol–water partition coefficient (Wildman–Crippen LogP) is 4.79. The molecule has 0 aliphatic carbocycles. The highest BCUT2D eigenvalue weighted by atomic mass is 16.5. The van der Waals surface area contributed by atoms with Crippen LogP contribution in [-0.2, 0) is 17.9 Å². The van der Waals surface area contributed by atoms with E-state index in [0.29, 0.717) is 41.5 Å². The molecule has 0 aliphatic heterocycles. The number of amides is 2. The van der Waals surface area contributed by atoms with Crippen LogP contribution in [0, 0.1) is 19.8 Å². The molecule has 3 rings (SSSR count). The summed E-state index contributed by atoms with van der Waals surface area (Å²) >= 11 is 0. The molecular formula is C26H31N3O5. The van der Waals surface area contributed by atoms with Crippen LogP contribution in [0.2, 0.25) is 0 Å². The highest BCUT2D eigenvalue weighted by molar-refractivity contribution is 5.95. The largest absolute Gasteiger partial charge is 0.493 e. The molecule has 0 radical (unpaired) electrons. The molecule has 0 bridgehead atoms. The number of ether oxygens (including phenoxy) is 2. The first-order valence-corrected chi connectivity index (χ1v) is 11.2. The minimum Gasteiger partial charge on any atom is -0.493 e. The van der Waals surface area contributed by atoms with Crippen LogP contribution in [0.25, 0.3) is 0 Å². The standard InChI is InChI=1S/C26H31N3O5/c1-16(2)11-25(30)28-21-8-6-7-19(12-21)14-27-26(31)20-9-10-23(24(13-20)32-5)33-15-22-17(3)29-34-18(22)4/h6-10,12-13,16H,11,14-15H2,1-5H3,(H,27,31)(H,28,30). The minimum atomic E-state index is -0.246. The van der Waals surface area contributed by atoms with E-state index in [4.69, 9.17) is 14.0 Å². The Balaban J connectivity index is 1.61. The van der Waals surface area contributed by atoms with Gasteiger partial charge in [0.05, 0.1) is 18.4 Å². The molecule has 180 valence electrons. The first-order chi connectivity index (χ1) is 16.3. The van der Waals surface area contributed by atoms with Crippen molar-refractivity contribution in [2.45, 2.75) is 47.3 Å². The molecule has 1 heterocycles. The number of benzene rings is 2. The van der Waals surface area contributed by atoms with Crippen LogP contribution in [0.1, 0.15) is 53.2 Å². The molecule has 0 atom stereocenters. The lowest BCUT2D eigenvalue weighted by Crippen LogP contribution is -2.23. The fourth-order valence-corrected chi connectivity index (χ4v) is 3.41. The Bertz CT molecular complexity index is 1130. The molecule has 8 heteroatoms. The molecule has 2 amide bonds. The molecule has 0 spiro atoms. The van der Waals surface area contributed by atoms with Crippen molar-refractivity contribution in [2.75, 3.05) is 12.4 Å². The Kier molecular flexibility index (Phi) is 8.29. The van der Waals surface area contributed by atoms with E-state index in [-0.39, 0.29) is 24.3 Å². The van der Waals surface area contributed by atoms with Crippen LogP contribution < -0.4 is 20.1 Å². The van der Waals surface area contributed by atoms with Gasteiger partial charge < -0.3 is 24.6 Å². The second-order valence-electron chi connectivity index (χ2n) is 8.49. The summed E-state index contributed by atoms with van der Waals surface area (Å²) in [5, 5.41) is 9.72. The van der Waals surface area contributed by atoms with Crippen molar-refractivity contribution in [2.24, 2.45) is 5.92 Å². The molecule has 0 unspecified atom stereocenters. The summed E-state index contributed by atoms with van der Waals surface area (Å²) in [5.74, 6) is 1.69. The number of aryl methyl sites for hydroxylation is 2. The first-order valence-electron chi connectivity index (χ1n) is 11.2. The smallest absolute Gasteiger partial charge is 0.251 e. The maximum absolute atomic E-state index is 12.7. The SMILES string of the molecule is COc1cc(C(=O)NCc2cccc(NC(=O)CC(C)C)c2)ccc1OCc1c(C)noc1C. The molecule has 2 aromatic carbocycles. The maximum atomic E-state index is 12.7. The number of hydrogen-bond donors (Lipinski definition) is 2. The van der Waals surface area contributed by atoms with E-state index < -0.39 is 0 Å². The molecule has 0 saturated heterocycles. The van der Waals surface area contributed by atoms with Gasteiger partial charge in [-0.25, -0.2) is 0 Å². The third kappa shape index (κ3) is 6.60. The van der Waals surface area contributed by atoms with Crippen LogP contribution in [0.3, 0.4) is 0 Å². The highest BCUT2D eigenvalue weighted by Crippen LogP contribution is 2.29. The van der Waals surface area contributed by atoms with E-state index >= 15 is 0 Å². The fraction of sp³-hybridized carbons (Fsp3) is 0.346. The Labute approximate surface area is 199 Å². The number of aromatic nitrogens is 1. The molecule has 3 aromatic rings. The number of nitrogens with zero attached hydrogens (tertiary/aromatic N) is 1. The average Bonchev–Trinajstić information content (AvgIpc) is 3.12. The average molecular weight is 466 g/mol. The van der Waals surface area contributed by atoms with E-state index in [1.807, 2.05) is 52.0 Å². The zero-order valence-corrected chi connectivity index (χ0v) is 20.2. The van der Waals surface area contributed by atoms with Crippen molar-refractivity contribution in [3.63, 3.8) is 0 Å². The normalized spacial score (nSPS) is 10.8. The van der Waals surface area contributed by atoms with Gasteiger partial charge in [0.25, 0.3) is 5.91 Å². The number of carbonyl (C=O) groups is 2. The van der Waals surface area contributed by atoms with Gasteiger partial charge in [-0.1, -0.05) is 31.1 Å². The summed E-state index contributed by atoms with van der Waals surface area (Å²) in [4.78, 5) is 24.7. The summed E-state index contributed by atoms with van der Waals surface area (Å²) < 4.78 is 16.5. The lowest BCUT2D eigenvalue weighted by atomic mass is 10.1. The Morgan fingerprint density at radius 1 is 1.09 bits per heavy atom. The summed E-state index contributed by atoms with van der Waals surface area (Å²) in [6.07, 6.45) is 0.459. The van der Waals surface area contributed by atoms with Gasteiger partial charge in [-0.3, -0.25) is 9.59 Å². The minimum absolute atomic E-state index is 0.0278. The molecule has 8 nitrogen and oxygen atoms in total. The van der Waals surface area contributed by atoms with Gasteiger partial charge in [0.1, 0.15) is 12.4 Å². The zero-order chi connectivity index (χ0) is 24.7. The molecule has 0 fully saturated rings. The van der Waals surface area contributed by atoms with Crippen molar-refractivity contribution in [1.82, 2.24) is 10.5 Å². The number of rotatable bonds is 10. The Morgan fingerprint density at radius 2 is 1.88 bits per heavy atom. The van der Waals surface area contributed by atoms with Crippen LogP contribution in [0.5, 0.6) is 11.5 Å². The van der Waals surface area contributed by atoms with Gasteiger partial charge in [0.15, 0.2) is 11.5 Å². The van der Waals surface area contributed by atoms with Gasteiger partial charge in [0, 0.05) is 24.2 Å². The van der Waals surface area contributed by atoms with E-state index in [0.717, 1.165) is 16.8 Å². The lowest BCUT2D eigenvalue weighted by molar-refractivity contribution is -0.116. The van der Waals surface area contributed by atoms with E-state index in [2.05, 4.69) is 15.8 Å². The summed E-state index contributed by atoms with van der Waals surface area (Å²) in [7, 11) is 1.53. The van der Waals surface area contributed by atoms with Gasteiger partial charge in [-0.05, 0) is 55.7 Å². The number of methoxy groups -OCH3 is 1. The van der Waals surface area contributed by atoms with Crippen molar-refractivity contribution < 1.29 is 23.6 Å². The lowest BCUT2D eigenvalue weighted by Gasteiger charge is -2.13. The van der Waals surface area contributed by atoms with Gasteiger partial charge >= 0.3 is 0 Å². The molecule has 2 N–H and O–H groups in total. The van der Waals surface area contributed by atoms with Crippen LogP contribution in [0.15, 0.2) is 47.0 Å². The number of nitrogens with one attached hydrogen (secondary N) is 2. The van der Waals surface area contributed by atoms with Gasteiger partial charge in [-0.2, -0.15) is 0 Å². The summed E-state index contributed by atoms with van der Waals surface area (Å²) in [5.41, 5.74) is 3.69. The second-order valence-corrected chi connectivity index (χ2v) is 8.49. The second kappa shape index (κ2) is 11.4. The zero-order valence-electron chi connectivity index (χ0n) is 20.2. The summed E-state index contributed by atoms with van der Waals surface area (Å²) in [6.45, 7) is 8.29. The van der Waals surface area contributed by atoms with Crippen LogP contribution in [0.4, 0.5) is 5.69 Å². The number of anilines is 1. The molecule has 0 saturated carbocycles. The number of carbonyl (C=O) groups excluding carboxylic acids is 2. The van der Waals surface area contributed by atoms with Crippen LogP contribution >= 0.6 is 0 Å². The highest BCUT2D eigenvalue weighted by Gasteiger charge is 2.14. The first kappa shape index (κ1) is 24.8. The molecular weight excluding hydrogens is 434 g/mol. The van der Waals surface area contributed by atoms with E-state index in [1.165, 1.54) is 7.11 Å². The fourth-order valence-electron chi connectivity index (χ4n) is 3.41. The maximum Gasteiger partial charge on any atom is 0.251 e. The molecule has 0 aliphatic rings. The van der Waals surface area contributed by atoms with E-state index in [9.17, 15) is 9.59 Å². The van der Waals surface area contributed by atoms with Crippen molar-refractivity contribution in [3.8, 4) is 11.5 Å².